The molecule has 4 rings (SSSR count). The molecule has 2 aromatic rings. The van der Waals surface area contributed by atoms with Crippen LogP contribution in [-0.4, -0.2) is 25.8 Å². The van der Waals surface area contributed by atoms with Crippen molar-refractivity contribution < 1.29 is 0 Å². The van der Waals surface area contributed by atoms with Gasteiger partial charge in [-0.2, -0.15) is 5.10 Å². The molecule has 0 unspecified atom stereocenters. The van der Waals surface area contributed by atoms with Gasteiger partial charge in [0.15, 0.2) is 0 Å². The summed E-state index contributed by atoms with van der Waals surface area (Å²) in [4.78, 5) is 20.8. The molecular weight excluding hydrogens is 338 g/mol. The molecule has 6 nitrogen and oxygen atoms in total. The van der Waals surface area contributed by atoms with Crippen molar-refractivity contribution in [1.82, 2.24) is 19.7 Å². The SMILES string of the molecule is O=c1cc2c(nn1C1CCC(Nc3ncc(Cl)cn3)CC1)CCCC2. The molecule has 2 aromatic heterocycles. The standard InChI is InChI=1S/C18H22ClN5O/c19-13-10-20-18(21-11-13)22-14-5-7-15(8-6-14)24-17(25)9-12-3-1-2-4-16(12)23-24/h9-11,14-15H,1-8H2,(H,20,21,22). The minimum Gasteiger partial charge on any atom is -0.351 e. The average molecular weight is 360 g/mol. The molecule has 2 heterocycles. The van der Waals surface area contributed by atoms with E-state index in [-0.39, 0.29) is 11.6 Å². The number of hydrogen-bond donors (Lipinski definition) is 1. The minimum atomic E-state index is 0.0538. The summed E-state index contributed by atoms with van der Waals surface area (Å²) in [5, 5.41) is 8.59. The van der Waals surface area contributed by atoms with Crippen molar-refractivity contribution in [3.8, 4) is 0 Å². The Bertz CT molecular complexity index is 796. The molecular formula is C18H22ClN5O. The number of aryl methyl sites for hydroxylation is 2. The van der Waals surface area contributed by atoms with E-state index in [1.807, 2.05) is 6.07 Å². The Morgan fingerprint density at radius 2 is 1.80 bits per heavy atom. The zero-order valence-corrected chi connectivity index (χ0v) is 14.9. The highest BCUT2D eigenvalue weighted by atomic mass is 35.5. The first-order valence-electron chi connectivity index (χ1n) is 9.05. The van der Waals surface area contributed by atoms with Gasteiger partial charge in [0.2, 0.25) is 5.95 Å². The summed E-state index contributed by atoms with van der Waals surface area (Å²) in [7, 11) is 0. The number of nitrogens with zero attached hydrogens (tertiary/aromatic N) is 4. The lowest BCUT2D eigenvalue weighted by Crippen LogP contribution is -2.34. The molecule has 1 saturated carbocycles. The number of halogens is 1. The number of rotatable bonds is 3. The molecule has 1 fully saturated rings. The number of fused-ring (bicyclic) bond motifs is 1. The third kappa shape index (κ3) is 3.68. The first-order valence-corrected chi connectivity index (χ1v) is 9.42. The number of aromatic nitrogens is 4. The van der Waals surface area contributed by atoms with Crippen LogP contribution in [0.4, 0.5) is 5.95 Å². The molecule has 0 radical (unpaired) electrons. The second-order valence-corrected chi connectivity index (χ2v) is 7.42. The Balaban J connectivity index is 1.42. The van der Waals surface area contributed by atoms with Crippen LogP contribution in [0.3, 0.4) is 0 Å². The van der Waals surface area contributed by atoms with Crippen molar-refractivity contribution in [1.29, 1.82) is 0 Å². The van der Waals surface area contributed by atoms with Gasteiger partial charge in [0.25, 0.3) is 5.56 Å². The second-order valence-electron chi connectivity index (χ2n) is 6.98. The lowest BCUT2D eigenvalue weighted by molar-refractivity contribution is 0.300. The van der Waals surface area contributed by atoms with Crippen molar-refractivity contribution in [2.24, 2.45) is 0 Å². The summed E-state index contributed by atoms with van der Waals surface area (Å²) in [5.74, 6) is 0.608. The van der Waals surface area contributed by atoms with E-state index in [0.717, 1.165) is 49.8 Å². The van der Waals surface area contributed by atoms with E-state index in [4.69, 9.17) is 16.7 Å². The summed E-state index contributed by atoms with van der Waals surface area (Å²) >= 11 is 5.81. The van der Waals surface area contributed by atoms with Gasteiger partial charge in [-0.05, 0) is 56.9 Å². The summed E-state index contributed by atoms with van der Waals surface area (Å²) in [5.41, 5.74) is 2.33. The molecule has 25 heavy (non-hydrogen) atoms. The maximum absolute atomic E-state index is 12.4. The van der Waals surface area contributed by atoms with E-state index < -0.39 is 0 Å². The fourth-order valence-corrected chi connectivity index (χ4v) is 3.97. The Morgan fingerprint density at radius 1 is 1.08 bits per heavy atom. The van der Waals surface area contributed by atoms with E-state index in [9.17, 15) is 4.79 Å². The number of nitrogens with one attached hydrogen (secondary N) is 1. The molecule has 0 amide bonds. The summed E-state index contributed by atoms with van der Waals surface area (Å²) in [6, 6.07) is 2.34. The van der Waals surface area contributed by atoms with Crippen LogP contribution in [0.2, 0.25) is 5.02 Å². The first kappa shape index (κ1) is 16.5. The number of hydrogen-bond acceptors (Lipinski definition) is 5. The van der Waals surface area contributed by atoms with E-state index in [0.29, 0.717) is 17.0 Å². The fourth-order valence-electron chi connectivity index (χ4n) is 3.87. The van der Waals surface area contributed by atoms with Gasteiger partial charge < -0.3 is 5.32 Å². The summed E-state index contributed by atoms with van der Waals surface area (Å²) in [6.45, 7) is 0. The molecule has 132 valence electrons. The highest BCUT2D eigenvalue weighted by Gasteiger charge is 2.25. The monoisotopic (exact) mass is 359 g/mol. The van der Waals surface area contributed by atoms with Crippen LogP contribution in [0.5, 0.6) is 0 Å². The zero-order chi connectivity index (χ0) is 17.2. The second kappa shape index (κ2) is 7.12. The smallest absolute Gasteiger partial charge is 0.267 e. The Kier molecular flexibility index (Phi) is 4.70. The summed E-state index contributed by atoms with van der Waals surface area (Å²) in [6.07, 6.45) is 11.4. The van der Waals surface area contributed by atoms with Crippen molar-refractivity contribution >= 4 is 17.5 Å². The quantitative estimate of drug-likeness (QED) is 0.911. The van der Waals surface area contributed by atoms with Gasteiger partial charge in [0.05, 0.1) is 29.2 Å². The zero-order valence-electron chi connectivity index (χ0n) is 14.1. The number of anilines is 1. The van der Waals surface area contributed by atoms with E-state index in [1.165, 1.54) is 12.8 Å². The van der Waals surface area contributed by atoms with Crippen molar-refractivity contribution in [2.75, 3.05) is 5.32 Å². The Labute approximate surface area is 151 Å². The molecule has 0 aliphatic heterocycles. The van der Waals surface area contributed by atoms with Crippen molar-refractivity contribution in [3.63, 3.8) is 0 Å². The van der Waals surface area contributed by atoms with E-state index >= 15 is 0 Å². The fraction of sp³-hybridized carbons (Fsp3) is 0.556. The van der Waals surface area contributed by atoms with Crippen LogP contribution in [0.15, 0.2) is 23.3 Å². The van der Waals surface area contributed by atoms with Crippen LogP contribution < -0.4 is 10.9 Å². The van der Waals surface area contributed by atoms with Crippen LogP contribution >= 0.6 is 11.6 Å². The largest absolute Gasteiger partial charge is 0.351 e. The highest BCUT2D eigenvalue weighted by molar-refractivity contribution is 6.30. The summed E-state index contributed by atoms with van der Waals surface area (Å²) < 4.78 is 1.74. The van der Waals surface area contributed by atoms with Crippen LogP contribution in [0, 0.1) is 0 Å². The lowest BCUT2D eigenvalue weighted by atomic mass is 9.91. The topological polar surface area (TPSA) is 72.7 Å². The Morgan fingerprint density at radius 3 is 2.56 bits per heavy atom. The molecule has 2 aliphatic carbocycles. The third-order valence-electron chi connectivity index (χ3n) is 5.23. The molecule has 0 spiro atoms. The van der Waals surface area contributed by atoms with E-state index in [1.54, 1.807) is 17.1 Å². The van der Waals surface area contributed by atoms with Crippen molar-refractivity contribution in [2.45, 2.75) is 63.5 Å². The first-order chi connectivity index (χ1) is 12.2. The molecule has 7 heteroatoms. The highest BCUT2D eigenvalue weighted by Crippen LogP contribution is 2.29. The average Bonchev–Trinajstić information content (AvgIpc) is 2.64. The van der Waals surface area contributed by atoms with Gasteiger partial charge in [-0.15, -0.1) is 0 Å². The third-order valence-corrected chi connectivity index (χ3v) is 5.42. The molecule has 0 atom stereocenters. The van der Waals surface area contributed by atoms with Crippen LogP contribution in [-0.2, 0) is 12.8 Å². The molecule has 1 N–H and O–H groups in total. The van der Waals surface area contributed by atoms with Gasteiger partial charge in [-0.1, -0.05) is 11.6 Å². The molecule has 2 aliphatic rings. The maximum Gasteiger partial charge on any atom is 0.267 e. The normalized spacial score (nSPS) is 23.1. The van der Waals surface area contributed by atoms with Crippen molar-refractivity contribution in [3.05, 3.63) is 45.1 Å². The predicted molar refractivity (Wildman–Crippen MR) is 97.1 cm³/mol. The van der Waals surface area contributed by atoms with Gasteiger partial charge in [0.1, 0.15) is 0 Å². The van der Waals surface area contributed by atoms with Gasteiger partial charge in [-0.25, -0.2) is 14.6 Å². The molecule has 0 bridgehead atoms. The predicted octanol–water partition coefficient (Wildman–Crippen LogP) is 3.16. The van der Waals surface area contributed by atoms with Crippen LogP contribution in [0.1, 0.15) is 55.8 Å². The molecule has 0 saturated heterocycles. The van der Waals surface area contributed by atoms with Crippen LogP contribution in [0.25, 0.3) is 0 Å². The molecule has 0 aromatic carbocycles. The van der Waals surface area contributed by atoms with Gasteiger partial charge >= 0.3 is 0 Å². The Hall–Kier alpha value is -1.95. The van der Waals surface area contributed by atoms with Gasteiger partial charge in [0, 0.05) is 12.1 Å². The lowest BCUT2D eigenvalue weighted by Gasteiger charge is -2.30. The van der Waals surface area contributed by atoms with Gasteiger partial charge in [-0.3, -0.25) is 4.79 Å². The van der Waals surface area contributed by atoms with E-state index in [2.05, 4.69) is 15.3 Å². The maximum atomic E-state index is 12.4. The minimum absolute atomic E-state index is 0.0538.